The largest absolute Gasteiger partial charge is 0.361 e. The molecule has 0 N–H and O–H groups in total. The van der Waals surface area contributed by atoms with Crippen molar-refractivity contribution >= 4 is 17.2 Å². The van der Waals surface area contributed by atoms with Crippen LogP contribution < -0.4 is 0 Å². The van der Waals surface area contributed by atoms with Crippen molar-refractivity contribution in [2.75, 3.05) is 6.54 Å². The Bertz CT molecular complexity index is 925. The molecule has 1 saturated heterocycles. The van der Waals surface area contributed by atoms with E-state index in [9.17, 15) is 4.79 Å². The number of hydrogen-bond acceptors (Lipinski definition) is 6. The normalized spacial score (nSPS) is 17.0. The van der Waals surface area contributed by atoms with E-state index in [4.69, 9.17) is 4.52 Å². The number of rotatable bonds is 3. The van der Waals surface area contributed by atoms with E-state index in [1.807, 2.05) is 44.0 Å². The van der Waals surface area contributed by atoms with Gasteiger partial charge in [-0.3, -0.25) is 9.78 Å². The quantitative estimate of drug-likeness (QED) is 0.696. The number of amides is 1. The molecule has 1 aliphatic rings. The van der Waals surface area contributed by atoms with E-state index in [1.165, 1.54) is 11.3 Å². The third-order valence-electron chi connectivity index (χ3n) is 4.90. The minimum absolute atomic E-state index is 0.0164. The molecule has 3 aromatic heterocycles. The molecule has 0 saturated carbocycles. The molecule has 0 unspecified atom stereocenters. The number of hydrogen-bond donors (Lipinski definition) is 0. The molecule has 0 radical (unpaired) electrons. The summed E-state index contributed by atoms with van der Waals surface area (Å²) in [5.74, 6) is 0.847. The Morgan fingerprint density at radius 1 is 1.23 bits per heavy atom. The van der Waals surface area contributed by atoms with E-state index < -0.39 is 0 Å². The number of aromatic nitrogens is 3. The van der Waals surface area contributed by atoms with Crippen LogP contribution in [0.1, 0.15) is 51.4 Å². The van der Waals surface area contributed by atoms with E-state index in [-0.39, 0.29) is 11.9 Å². The van der Waals surface area contributed by atoms with Gasteiger partial charge >= 0.3 is 0 Å². The molecule has 1 amide bonds. The predicted molar refractivity (Wildman–Crippen MR) is 99.1 cm³/mol. The zero-order chi connectivity index (χ0) is 18.3. The van der Waals surface area contributed by atoms with Crippen molar-refractivity contribution in [3.05, 3.63) is 51.6 Å². The summed E-state index contributed by atoms with van der Waals surface area (Å²) in [7, 11) is 0. The summed E-state index contributed by atoms with van der Waals surface area (Å²) in [5.41, 5.74) is 6.28. The minimum atomic E-state index is 0.0164. The molecule has 1 atom stereocenters. The van der Waals surface area contributed by atoms with Gasteiger partial charge in [0, 0.05) is 23.9 Å². The number of thiazole rings is 1. The number of carbonyl (C=O) groups excluding carboxylic acids is 1. The van der Waals surface area contributed by atoms with Crippen LogP contribution in [0.3, 0.4) is 0 Å². The molecule has 1 fully saturated rings. The lowest BCUT2D eigenvalue weighted by Gasteiger charge is -2.24. The summed E-state index contributed by atoms with van der Waals surface area (Å²) in [5, 5.41) is 4.00. The second-order valence-corrected chi connectivity index (χ2v) is 7.45. The Labute approximate surface area is 155 Å². The molecular formula is C19H20N4O2S. The lowest BCUT2D eigenvalue weighted by molar-refractivity contribution is 0.0737. The van der Waals surface area contributed by atoms with Gasteiger partial charge in [0.05, 0.1) is 28.6 Å². The van der Waals surface area contributed by atoms with Gasteiger partial charge in [0.2, 0.25) is 0 Å². The molecular weight excluding hydrogens is 348 g/mol. The fourth-order valence-electron chi connectivity index (χ4n) is 3.60. The molecule has 7 heteroatoms. The second kappa shape index (κ2) is 6.64. The molecule has 3 aromatic rings. The Balaban J connectivity index is 1.61. The Morgan fingerprint density at radius 3 is 2.69 bits per heavy atom. The van der Waals surface area contributed by atoms with Gasteiger partial charge in [-0.1, -0.05) is 11.2 Å². The lowest BCUT2D eigenvalue weighted by Crippen LogP contribution is -2.30. The van der Waals surface area contributed by atoms with Gasteiger partial charge in [-0.15, -0.1) is 11.3 Å². The minimum Gasteiger partial charge on any atom is -0.361 e. The van der Waals surface area contributed by atoms with E-state index in [0.29, 0.717) is 0 Å². The van der Waals surface area contributed by atoms with Crippen molar-refractivity contribution in [3.8, 4) is 11.1 Å². The number of nitrogens with zero attached hydrogens (tertiary/aromatic N) is 4. The zero-order valence-corrected chi connectivity index (χ0v) is 15.8. The number of carbonyl (C=O) groups is 1. The van der Waals surface area contributed by atoms with Crippen LogP contribution in [0, 0.1) is 20.8 Å². The fraction of sp³-hybridized carbons (Fsp3) is 0.368. The highest BCUT2D eigenvalue weighted by Crippen LogP contribution is 2.34. The number of likely N-dealkylation sites (tertiary alicyclic amines) is 1. The third kappa shape index (κ3) is 2.82. The first-order valence-electron chi connectivity index (χ1n) is 8.66. The van der Waals surface area contributed by atoms with Gasteiger partial charge < -0.3 is 9.42 Å². The van der Waals surface area contributed by atoms with E-state index in [1.54, 1.807) is 5.51 Å². The SMILES string of the molecule is Cc1ncsc1C(=O)N1CCC[C@H]1c1ccc(-c2c(C)noc2C)cn1. The molecule has 0 aliphatic carbocycles. The van der Waals surface area contributed by atoms with Crippen LogP contribution in [0.25, 0.3) is 11.1 Å². The van der Waals surface area contributed by atoms with E-state index in [0.717, 1.165) is 58.2 Å². The van der Waals surface area contributed by atoms with Crippen LogP contribution in [-0.4, -0.2) is 32.5 Å². The Hall–Kier alpha value is -2.54. The van der Waals surface area contributed by atoms with Crippen LogP contribution in [0.5, 0.6) is 0 Å². The summed E-state index contributed by atoms with van der Waals surface area (Å²) in [4.78, 5) is 24.4. The molecule has 26 heavy (non-hydrogen) atoms. The summed E-state index contributed by atoms with van der Waals surface area (Å²) in [6.45, 7) is 6.46. The molecule has 0 aromatic carbocycles. The van der Waals surface area contributed by atoms with Gasteiger partial charge in [0.15, 0.2) is 0 Å². The smallest absolute Gasteiger partial charge is 0.266 e. The molecule has 4 heterocycles. The van der Waals surface area contributed by atoms with Gasteiger partial charge in [0.1, 0.15) is 10.6 Å². The first-order valence-corrected chi connectivity index (χ1v) is 9.54. The van der Waals surface area contributed by atoms with Gasteiger partial charge in [-0.05, 0) is 39.7 Å². The lowest BCUT2D eigenvalue weighted by atomic mass is 10.0. The molecule has 0 spiro atoms. The van der Waals surface area contributed by atoms with Crippen LogP contribution in [0.2, 0.25) is 0 Å². The van der Waals surface area contributed by atoms with Crippen LogP contribution in [0.4, 0.5) is 0 Å². The molecule has 134 valence electrons. The van der Waals surface area contributed by atoms with Crippen LogP contribution in [-0.2, 0) is 0 Å². The Kier molecular flexibility index (Phi) is 4.32. The second-order valence-electron chi connectivity index (χ2n) is 6.59. The maximum absolute atomic E-state index is 12.9. The van der Waals surface area contributed by atoms with Gasteiger partial charge in [-0.2, -0.15) is 0 Å². The van der Waals surface area contributed by atoms with Crippen LogP contribution in [0.15, 0.2) is 28.4 Å². The number of pyridine rings is 1. The van der Waals surface area contributed by atoms with Crippen molar-refractivity contribution in [1.82, 2.24) is 20.0 Å². The zero-order valence-electron chi connectivity index (χ0n) is 15.0. The van der Waals surface area contributed by atoms with E-state index >= 15 is 0 Å². The monoisotopic (exact) mass is 368 g/mol. The molecule has 6 nitrogen and oxygen atoms in total. The Morgan fingerprint density at radius 2 is 2.08 bits per heavy atom. The molecule has 1 aliphatic heterocycles. The highest BCUT2D eigenvalue weighted by Gasteiger charge is 2.32. The highest BCUT2D eigenvalue weighted by atomic mass is 32.1. The van der Waals surface area contributed by atoms with Crippen LogP contribution >= 0.6 is 11.3 Å². The van der Waals surface area contributed by atoms with Gasteiger partial charge in [0.25, 0.3) is 5.91 Å². The summed E-state index contributed by atoms with van der Waals surface area (Å²) in [6, 6.07) is 4.06. The van der Waals surface area contributed by atoms with E-state index in [2.05, 4.69) is 15.1 Å². The standard InChI is InChI=1S/C19H20N4O2S/c1-11-17(13(3)25-22-11)14-6-7-15(20-9-14)16-5-4-8-23(16)19(24)18-12(2)21-10-26-18/h6-7,9-10,16H,4-5,8H2,1-3H3/t16-/m0/s1. The average Bonchev–Trinajstić information content (AvgIpc) is 3.35. The third-order valence-corrected chi connectivity index (χ3v) is 5.82. The van der Waals surface area contributed by atoms with Crippen molar-refractivity contribution in [2.45, 2.75) is 39.7 Å². The maximum Gasteiger partial charge on any atom is 0.266 e. The highest BCUT2D eigenvalue weighted by molar-refractivity contribution is 7.11. The average molecular weight is 368 g/mol. The van der Waals surface area contributed by atoms with Crippen molar-refractivity contribution in [3.63, 3.8) is 0 Å². The number of aryl methyl sites for hydroxylation is 3. The van der Waals surface area contributed by atoms with Gasteiger partial charge in [-0.25, -0.2) is 4.98 Å². The maximum atomic E-state index is 12.9. The molecule has 0 bridgehead atoms. The van der Waals surface area contributed by atoms with Crippen molar-refractivity contribution < 1.29 is 9.32 Å². The first kappa shape index (κ1) is 16.9. The summed E-state index contributed by atoms with van der Waals surface area (Å²) in [6.07, 6.45) is 3.77. The predicted octanol–water partition coefficient (Wildman–Crippen LogP) is 4.10. The van der Waals surface area contributed by atoms with Crippen molar-refractivity contribution in [2.24, 2.45) is 0 Å². The van der Waals surface area contributed by atoms with Crippen molar-refractivity contribution in [1.29, 1.82) is 0 Å². The summed E-state index contributed by atoms with van der Waals surface area (Å²) >= 11 is 1.41. The fourth-order valence-corrected chi connectivity index (χ4v) is 4.36. The first-order chi connectivity index (χ1) is 12.6. The summed E-state index contributed by atoms with van der Waals surface area (Å²) < 4.78 is 5.25. The topological polar surface area (TPSA) is 72.1 Å². The molecule has 4 rings (SSSR count).